The predicted molar refractivity (Wildman–Crippen MR) is 109 cm³/mol. The summed E-state index contributed by atoms with van der Waals surface area (Å²) >= 11 is 0. The number of fused-ring (bicyclic) bond motifs is 1. The molecule has 0 spiro atoms. The van der Waals surface area contributed by atoms with Gasteiger partial charge in [0.25, 0.3) is 5.56 Å². The Morgan fingerprint density at radius 2 is 1.73 bits per heavy atom. The van der Waals surface area contributed by atoms with E-state index in [2.05, 4.69) is 5.32 Å². The summed E-state index contributed by atoms with van der Waals surface area (Å²) in [4.78, 5) is 24.7. The van der Waals surface area contributed by atoms with Crippen LogP contribution < -0.4 is 20.3 Å². The number of pyridine rings is 1. The number of hydrogen-bond acceptors (Lipinski definition) is 6. The zero-order chi connectivity index (χ0) is 21.1. The van der Waals surface area contributed by atoms with Crippen molar-refractivity contribution in [1.82, 2.24) is 8.87 Å². The summed E-state index contributed by atoms with van der Waals surface area (Å²) in [6, 6.07) is 7.52. The molecule has 1 saturated heterocycles. The van der Waals surface area contributed by atoms with Crippen LogP contribution in [0.1, 0.15) is 19.3 Å². The summed E-state index contributed by atoms with van der Waals surface area (Å²) in [5.41, 5.74) is 0.0438. The van der Waals surface area contributed by atoms with E-state index in [9.17, 15) is 18.0 Å². The first-order valence-electron chi connectivity index (χ1n) is 9.84. The van der Waals surface area contributed by atoms with Crippen LogP contribution in [-0.2, 0) is 21.4 Å². The molecule has 2 aliphatic rings. The molecule has 0 bridgehead atoms. The first-order valence-corrected chi connectivity index (χ1v) is 11.3. The van der Waals surface area contributed by atoms with Gasteiger partial charge >= 0.3 is 0 Å². The second-order valence-electron chi connectivity index (χ2n) is 7.20. The molecule has 9 nitrogen and oxygen atoms in total. The lowest BCUT2D eigenvalue weighted by molar-refractivity contribution is -0.116. The maximum Gasteiger partial charge on any atom is 0.251 e. The Kier molecular flexibility index (Phi) is 5.78. The van der Waals surface area contributed by atoms with Crippen molar-refractivity contribution >= 4 is 21.6 Å². The Hall–Kier alpha value is -2.85. The van der Waals surface area contributed by atoms with Crippen molar-refractivity contribution in [2.75, 3.05) is 31.6 Å². The Morgan fingerprint density at radius 1 is 1.00 bits per heavy atom. The molecule has 0 saturated carbocycles. The van der Waals surface area contributed by atoms with Crippen molar-refractivity contribution in [2.45, 2.75) is 30.7 Å². The lowest BCUT2D eigenvalue weighted by atomic mass is 10.2. The molecular formula is C20H23N3O6S. The van der Waals surface area contributed by atoms with Crippen LogP contribution in [0.15, 0.2) is 46.2 Å². The number of benzene rings is 1. The van der Waals surface area contributed by atoms with Crippen LogP contribution in [0, 0.1) is 0 Å². The summed E-state index contributed by atoms with van der Waals surface area (Å²) in [5, 5.41) is 2.71. The number of hydrogen-bond donors (Lipinski definition) is 1. The SMILES string of the molecule is O=C(Cn1cc(S(=O)(=O)N2CCCC2)ccc1=O)Nc1ccc2c(c1)OCCCO2. The number of amides is 1. The van der Waals surface area contributed by atoms with E-state index in [1.54, 1.807) is 18.2 Å². The van der Waals surface area contributed by atoms with E-state index in [1.165, 1.54) is 22.6 Å². The number of aromatic nitrogens is 1. The predicted octanol–water partition coefficient (Wildman–Crippen LogP) is 1.43. The van der Waals surface area contributed by atoms with Gasteiger partial charge in [-0.1, -0.05) is 0 Å². The largest absolute Gasteiger partial charge is 0.490 e. The summed E-state index contributed by atoms with van der Waals surface area (Å²) in [5.74, 6) is 0.699. The van der Waals surface area contributed by atoms with E-state index in [0.29, 0.717) is 43.5 Å². The number of carbonyl (C=O) groups is 1. The fourth-order valence-electron chi connectivity index (χ4n) is 3.46. The van der Waals surface area contributed by atoms with Gasteiger partial charge in [-0.25, -0.2) is 8.42 Å². The Balaban J connectivity index is 1.49. The number of sulfonamides is 1. The lowest BCUT2D eigenvalue weighted by Crippen LogP contribution is -2.31. The van der Waals surface area contributed by atoms with Crippen LogP contribution in [-0.4, -0.2) is 49.5 Å². The van der Waals surface area contributed by atoms with Crippen molar-refractivity contribution < 1.29 is 22.7 Å². The average Bonchev–Trinajstić information content (AvgIpc) is 3.17. The molecule has 2 aromatic rings. The molecule has 1 N–H and O–H groups in total. The number of rotatable bonds is 5. The number of carbonyl (C=O) groups excluding carboxylic acids is 1. The van der Waals surface area contributed by atoms with E-state index in [1.807, 2.05) is 0 Å². The van der Waals surface area contributed by atoms with Gasteiger partial charge in [0.05, 0.1) is 18.1 Å². The molecule has 160 valence electrons. The quantitative estimate of drug-likeness (QED) is 0.765. The molecule has 1 amide bonds. The highest BCUT2D eigenvalue weighted by Gasteiger charge is 2.27. The van der Waals surface area contributed by atoms with Crippen molar-refractivity contribution in [2.24, 2.45) is 0 Å². The molecule has 0 radical (unpaired) electrons. The average molecular weight is 433 g/mol. The Bertz CT molecular complexity index is 1110. The van der Waals surface area contributed by atoms with Gasteiger partial charge in [-0.2, -0.15) is 4.31 Å². The molecule has 0 unspecified atom stereocenters. The van der Waals surface area contributed by atoms with Crippen LogP contribution >= 0.6 is 0 Å². The number of ether oxygens (including phenoxy) is 2. The van der Waals surface area contributed by atoms with Gasteiger partial charge in [0.15, 0.2) is 11.5 Å². The molecule has 1 aromatic heterocycles. The number of nitrogens with one attached hydrogen (secondary N) is 1. The van der Waals surface area contributed by atoms with Crippen molar-refractivity contribution in [3.8, 4) is 11.5 Å². The van der Waals surface area contributed by atoms with Gasteiger partial charge in [0, 0.05) is 43.5 Å². The summed E-state index contributed by atoms with van der Waals surface area (Å²) < 4.78 is 39.1. The Morgan fingerprint density at radius 3 is 2.50 bits per heavy atom. The lowest BCUT2D eigenvalue weighted by Gasteiger charge is -2.16. The maximum atomic E-state index is 12.7. The van der Waals surface area contributed by atoms with Gasteiger partial charge in [0.1, 0.15) is 6.54 Å². The molecular weight excluding hydrogens is 410 g/mol. The highest BCUT2D eigenvalue weighted by molar-refractivity contribution is 7.89. The van der Waals surface area contributed by atoms with E-state index < -0.39 is 21.5 Å². The minimum absolute atomic E-state index is 0.00683. The standard InChI is InChI=1S/C20H23N3O6S/c24-19(21-15-4-6-17-18(12-15)29-11-3-10-28-17)14-22-13-16(5-7-20(22)25)30(26,27)23-8-1-2-9-23/h4-7,12-13H,1-3,8-11,14H2,(H,21,24). The third-order valence-corrected chi connectivity index (χ3v) is 6.89. The normalized spacial score (nSPS) is 16.8. The minimum atomic E-state index is -3.67. The van der Waals surface area contributed by atoms with E-state index in [0.717, 1.165) is 23.8 Å². The molecule has 0 aliphatic carbocycles. The Labute approximate surface area is 174 Å². The molecule has 4 rings (SSSR count). The zero-order valence-corrected chi connectivity index (χ0v) is 17.2. The molecule has 30 heavy (non-hydrogen) atoms. The first-order chi connectivity index (χ1) is 14.4. The van der Waals surface area contributed by atoms with Gasteiger partial charge in [-0.3, -0.25) is 9.59 Å². The van der Waals surface area contributed by atoms with Gasteiger partial charge < -0.3 is 19.4 Å². The fourth-order valence-corrected chi connectivity index (χ4v) is 5.00. The number of anilines is 1. The van der Waals surface area contributed by atoms with Crippen LogP contribution in [0.5, 0.6) is 11.5 Å². The molecule has 2 aliphatic heterocycles. The molecule has 0 atom stereocenters. The highest BCUT2D eigenvalue weighted by Crippen LogP contribution is 2.32. The van der Waals surface area contributed by atoms with Crippen molar-refractivity contribution in [3.05, 3.63) is 46.9 Å². The summed E-state index contributed by atoms with van der Waals surface area (Å²) in [6.45, 7) is 1.71. The van der Waals surface area contributed by atoms with Gasteiger partial charge in [0.2, 0.25) is 15.9 Å². The van der Waals surface area contributed by atoms with Crippen LogP contribution in [0.25, 0.3) is 0 Å². The number of nitrogens with zero attached hydrogens (tertiary/aromatic N) is 2. The topological polar surface area (TPSA) is 107 Å². The second-order valence-corrected chi connectivity index (χ2v) is 9.14. The van der Waals surface area contributed by atoms with E-state index >= 15 is 0 Å². The highest BCUT2D eigenvalue weighted by atomic mass is 32.2. The monoisotopic (exact) mass is 433 g/mol. The maximum absolute atomic E-state index is 12.7. The van der Waals surface area contributed by atoms with Crippen LogP contribution in [0.4, 0.5) is 5.69 Å². The minimum Gasteiger partial charge on any atom is -0.490 e. The van der Waals surface area contributed by atoms with E-state index in [-0.39, 0.29) is 11.4 Å². The first kappa shape index (κ1) is 20.4. The molecule has 1 aromatic carbocycles. The molecule has 3 heterocycles. The van der Waals surface area contributed by atoms with Crippen molar-refractivity contribution in [3.63, 3.8) is 0 Å². The summed E-state index contributed by atoms with van der Waals surface area (Å²) in [6.07, 6.45) is 3.63. The third-order valence-electron chi connectivity index (χ3n) is 5.00. The second kappa shape index (κ2) is 8.49. The zero-order valence-electron chi connectivity index (χ0n) is 16.4. The molecule has 10 heteroatoms. The van der Waals surface area contributed by atoms with Crippen LogP contribution in [0.2, 0.25) is 0 Å². The van der Waals surface area contributed by atoms with E-state index in [4.69, 9.17) is 9.47 Å². The summed E-state index contributed by atoms with van der Waals surface area (Å²) in [7, 11) is -3.67. The van der Waals surface area contributed by atoms with Crippen molar-refractivity contribution in [1.29, 1.82) is 0 Å². The van der Waals surface area contributed by atoms with Gasteiger partial charge in [-0.05, 0) is 31.0 Å². The van der Waals surface area contributed by atoms with Gasteiger partial charge in [-0.15, -0.1) is 0 Å². The molecule has 1 fully saturated rings. The fraction of sp³-hybridized carbons (Fsp3) is 0.400. The van der Waals surface area contributed by atoms with Crippen LogP contribution in [0.3, 0.4) is 0 Å². The smallest absolute Gasteiger partial charge is 0.251 e. The third kappa shape index (κ3) is 4.34.